The van der Waals surface area contributed by atoms with Gasteiger partial charge in [0.25, 0.3) is 5.91 Å². The molecule has 0 aliphatic rings. The number of anilines is 1. The van der Waals surface area contributed by atoms with Gasteiger partial charge in [-0.25, -0.2) is 0 Å². The van der Waals surface area contributed by atoms with Crippen LogP contribution < -0.4 is 14.8 Å². The van der Waals surface area contributed by atoms with Crippen molar-refractivity contribution >= 4 is 39.1 Å². The van der Waals surface area contributed by atoms with Gasteiger partial charge in [-0.1, -0.05) is 11.6 Å². The number of amides is 1. The monoisotopic (exact) mass is 383 g/mol. The van der Waals surface area contributed by atoms with Gasteiger partial charge in [-0.2, -0.15) is 0 Å². The quantitative estimate of drug-likeness (QED) is 0.829. The number of halogens is 2. The average molecular weight is 385 g/mol. The third-order valence-electron chi connectivity index (χ3n) is 2.93. The summed E-state index contributed by atoms with van der Waals surface area (Å²) in [4.78, 5) is 11.9. The Hall–Kier alpha value is -1.72. The molecule has 0 aromatic heterocycles. The molecular formula is C16H15BrClNO3. The third-order valence-corrected chi connectivity index (χ3v) is 3.98. The van der Waals surface area contributed by atoms with Gasteiger partial charge in [-0.3, -0.25) is 4.79 Å². The number of aryl methyl sites for hydroxylation is 1. The molecule has 0 saturated carbocycles. The fourth-order valence-corrected chi connectivity index (χ4v) is 2.46. The predicted octanol–water partition coefficient (Wildman–Crippen LogP) is 4.44. The minimum atomic E-state index is -0.246. The predicted molar refractivity (Wildman–Crippen MR) is 91.0 cm³/mol. The van der Waals surface area contributed by atoms with Gasteiger partial charge in [0.15, 0.2) is 6.61 Å². The Bertz CT molecular complexity index is 691. The van der Waals surface area contributed by atoms with Crippen molar-refractivity contribution in [2.45, 2.75) is 6.92 Å². The molecule has 0 bridgehead atoms. The van der Waals surface area contributed by atoms with Crippen LogP contribution in [0.5, 0.6) is 11.5 Å². The highest BCUT2D eigenvalue weighted by atomic mass is 79.9. The molecule has 1 N–H and O–H groups in total. The number of carbonyl (C=O) groups excluding carboxylic acids is 1. The van der Waals surface area contributed by atoms with E-state index in [0.717, 1.165) is 10.0 Å². The molecule has 0 atom stereocenters. The molecule has 2 aromatic carbocycles. The molecule has 1 amide bonds. The summed E-state index contributed by atoms with van der Waals surface area (Å²) in [6.45, 7) is 1.80. The smallest absolute Gasteiger partial charge is 0.262 e. The fraction of sp³-hybridized carbons (Fsp3) is 0.188. The highest BCUT2D eigenvalue weighted by molar-refractivity contribution is 9.10. The Labute approximate surface area is 142 Å². The maximum Gasteiger partial charge on any atom is 0.262 e. The number of hydrogen-bond donors (Lipinski definition) is 1. The first-order valence-electron chi connectivity index (χ1n) is 6.52. The van der Waals surface area contributed by atoms with Crippen LogP contribution in [-0.4, -0.2) is 19.6 Å². The van der Waals surface area contributed by atoms with Crippen molar-refractivity contribution in [2.24, 2.45) is 0 Å². The Kier molecular flexibility index (Phi) is 5.69. The number of hydrogen-bond acceptors (Lipinski definition) is 3. The topological polar surface area (TPSA) is 47.6 Å². The van der Waals surface area contributed by atoms with Crippen molar-refractivity contribution in [3.8, 4) is 11.5 Å². The first kappa shape index (κ1) is 16.6. The largest absolute Gasteiger partial charge is 0.496 e. The van der Waals surface area contributed by atoms with Crippen molar-refractivity contribution in [2.75, 3.05) is 19.0 Å². The van der Waals surface area contributed by atoms with Crippen LogP contribution >= 0.6 is 27.5 Å². The van der Waals surface area contributed by atoms with E-state index in [4.69, 9.17) is 21.1 Å². The highest BCUT2D eigenvalue weighted by Crippen LogP contribution is 2.27. The maximum atomic E-state index is 11.9. The molecule has 6 heteroatoms. The van der Waals surface area contributed by atoms with E-state index >= 15 is 0 Å². The molecule has 0 aliphatic carbocycles. The number of ether oxygens (including phenoxy) is 2. The minimum absolute atomic E-state index is 0.0787. The van der Waals surface area contributed by atoms with Crippen molar-refractivity contribution < 1.29 is 14.3 Å². The number of methoxy groups -OCH3 is 1. The van der Waals surface area contributed by atoms with Crippen molar-refractivity contribution in [1.82, 2.24) is 0 Å². The van der Waals surface area contributed by atoms with Crippen LogP contribution in [0, 0.1) is 6.92 Å². The van der Waals surface area contributed by atoms with Gasteiger partial charge in [0, 0.05) is 10.7 Å². The second kappa shape index (κ2) is 7.51. The number of benzene rings is 2. The van der Waals surface area contributed by atoms with Crippen LogP contribution in [0.25, 0.3) is 0 Å². The molecule has 4 nitrogen and oxygen atoms in total. The molecule has 0 spiro atoms. The summed E-state index contributed by atoms with van der Waals surface area (Å²) in [7, 11) is 1.58. The van der Waals surface area contributed by atoms with E-state index in [9.17, 15) is 4.79 Å². The number of carbonyl (C=O) groups is 1. The number of rotatable bonds is 5. The van der Waals surface area contributed by atoms with E-state index in [0.29, 0.717) is 22.2 Å². The van der Waals surface area contributed by atoms with Gasteiger partial charge >= 0.3 is 0 Å². The lowest BCUT2D eigenvalue weighted by molar-refractivity contribution is -0.118. The molecule has 0 fully saturated rings. The Morgan fingerprint density at radius 2 is 2.05 bits per heavy atom. The molecule has 22 heavy (non-hydrogen) atoms. The normalized spacial score (nSPS) is 10.2. The van der Waals surface area contributed by atoms with Crippen LogP contribution in [-0.2, 0) is 4.79 Å². The second-order valence-electron chi connectivity index (χ2n) is 4.60. The zero-order valence-electron chi connectivity index (χ0n) is 12.2. The standard InChI is InChI=1S/C16H15BrClNO3/c1-10-7-12(4-5-14(10)18)22-9-16(20)19-11-3-6-15(21-2)13(17)8-11/h3-8H,9H2,1-2H3,(H,19,20). The van der Waals surface area contributed by atoms with Crippen molar-refractivity contribution in [3.05, 3.63) is 51.5 Å². The molecule has 0 heterocycles. The lowest BCUT2D eigenvalue weighted by Crippen LogP contribution is -2.20. The van der Waals surface area contributed by atoms with E-state index in [1.54, 1.807) is 43.5 Å². The van der Waals surface area contributed by atoms with Gasteiger partial charge in [0.05, 0.1) is 11.6 Å². The lowest BCUT2D eigenvalue weighted by atomic mass is 10.2. The Morgan fingerprint density at radius 3 is 2.68 bits per heavy atom. The number of nitrogens with one attached hydrogen (secondary N) is 1. The van der Waals surface area contributed by atoms with E-state index < -0.39 is 0 Å². The Morgan fingerprint density at radius 1 is 1.27 bits per heavy atom. The fourth-order valence-electron chi connectivity index (χ4n) is 1.80. The average Bonchev–Trinajstić information content (AvgIpc) is 2.49. The van der Waals surface area contributed by atoms with Gasteiger partial charge in [0.1, 0.15) is 11.5 Å². The van der Waals surface area contributed by atoms with Gasteiger partial charge in [0.2, 0.25) is 0 Å². The molecule has 116 valence electrons. The van der Waals surface area contributed by atoms with Crippen LogP contribution in [0.15, 0.2) is 40.9 Å². The van der Waals surface area contributed by atoms with Crippen molar-refractivity contribution in [1.29, 1.82) is 0 Å². The maximum absolute atomic E-state index is 11.9. The van der Waals surface area contributed by atoms with E-state index in [1.165, 1.54) is 0 Å². The van der Waals surface area contributed by atoms with Crippen molar-refractivity contribution in [3.63, 3.8) is 0 Å². The van der Waals surface area contributed by atoms with Crippen LogP contribution in [0.1, 0.15) is 5.56 Å². The molecule has 2 aromatic rings. The van der Waals surface area contributed by atoms with Crippen LogP contribution in [0.2, 0.25) is 5.02 Å². The molecule has 0 radical (unpaired) electrons. The molecule has 0 aliphatic heterocycles. The van der Waals surface area contributed by atoms with E-state index in [-0.39, 0.29) is 12.5 Å². The van der Waals surface area contributed by atoms with Gasteiger partial charge in [-0.05, 0) is 64.8 Å². The summed E-state index contributed by atoms with van der Waals surface area (Å²) in [6.07, 6.45) is 0. The molecule has 0 saturated heterocycles. The van der Waals surface area contributed by atoms with Crippen LogP contribution in [0.4, 0.5) is 5.69 Å². The molecule has 0 unspecified atom stereocenters. The Balaban J connectivity index is 1.92. The summed E-state index contributed by atoms with van der Waals surface area (Å²) in [5, 5.41) is 3.42. The first-order valence-corrected chi connectivity index (χ1v) is 7.69. The van der Waals surface area contributed by atoms with Crippen LogP contribution in [0.3, 0.4) is 0 Å². The third kappa shape index (κ3) is 4.39. The summed E-state index contributed by atoms with van der Waals surface area (Å²) >= 11 is 9.31. The molecule has 2 rings (SSSR count). The van der Waals surface area contributed by atoms with Gasteiger partial charge in [-0.15, -0.1) is 0 Å². The summed E-state index contributed by atoms with van der Waals surface area (Å²) in [5.41, 5.74) is 1.56. The van der Waals surface area contributed by atoms with Gasteiger partial charge < -0.3 is 14.8 Å². The van der Waals surface area contributed by atoms with E-state index in [1.807, 2.05) is 6.92 Å². The minimum Gasteiger partial charge on any atom is -0.496 e. The summed E-state index contributed by atoms with van der Waals surface area (Å²) < 4.78 is 11.3. The summed E-state index contributed by atoms with van der Waals surface area (Å²) in [5.74, 6) is 1.06. The lowest BCUT2D eigenvalue weighted by Gasteiger charge is -2.10. The second-order valence-corrected chi connectivity index (χ2v) is 5.86. The van der Waals surface area contributed by atoms with E-state index in [2.05, 4.69) is 21.2 Å². The molecular weight excluding hydrogens is 370 g/mol. The zero-order valence-corrected chi connectivity index (χ0v) is 14.5. The first-order chi connectivity index (χ1) is 10.5. The zero-order chi connectivity index (χ0) is 16.1. The summed E-state index contributed by atoms with van der Waals surface area (Å²) in [6, 6.07) is 10.6. The SMILES string of the molecule is COc1ccc(NC(=O)COc2ccc(Cl)c(C)c2)cc1Br. The highest BCUT2D eigenvalue weighted by Gasteiger charge is 2.07.